The van der Waals surface area contributed by atoms with Crippen molar-refractivity contribution in [2.45, 2.75) is 65.0 Å². The van der Waals surface area contributed by atoms with E-state index in [4.69, 9.17) is 4.74 Å². The van der Waals surface area contributed by atoms with Crippen molar-refractivity contribution >= 4 is 5.97 Å². The standard InChI is InChI=1S/C17H34N2O2/c1-13(16(2,3)4)19(6)12-10-14-9-8-11-17(14,18-5)15(20)21-7/h13-14,18H,8-12H2,1-7H3. The van der Waals surface area contributed by atoms with Gasteiger partial charge in [0.2, 0.25) is 0 Å². The highest BCUT2D eigenvalue weighted by atomic mass is 16.5. The Kier molecular flexibility index (Phi) is 6.23. The molecule has 0 bridgehead atoms. The Morgan fingerprint density at radius 1 is 1.48 bits per heavy atom. The second-order valence-electron chi connectivity index (χ2n) is 7.61. The van der Waals surface area contributed by atoms with Crippen LogP contribution in [0.3, 0.4) is 0 Å². The first-order valence-electron chi connectivity index (χ1n) is 8.16. The molecule has 0 aromatic carbocycles. The van der Waals surface area contributed by atoms with Crippen molar-refractivity contribution in [3.63, 3.8) is 0 Å². The second-order valence-corrected chi connectivity index (χ2v) is 7.61. The molecule has 0 aromatic heterocycles. The first kappa shape index (κ1) is 18.4. The van der Waals surface area contributed by atoms with E-state index in [0.29, 0.717) is 12.0 Å². The summed E-state index contributed by atoms with van der Waals surface area (Å²) in [6.45, 7) is 10.1. The fourth-order valence-electron chi connectivity index (χ4n) is 3.56. The predicted octanol–water partition coefficient (Wildman–Crippen LogP) is 2.67. The lowest BCUT2D eigenvalue weighted by atomic mass is 9.83. The number of carbonyl (C=O) groups is 1. The number of esters is 1. The lowest BCUT2D eigenvalue weighted by Crippen LogP contribution is -2.54. The molecule has 1 N–H and O–H groups in total. The molecular formula is C17H34N2O2. The van der Waals surface area contributed by atoms with Crippen LogP contribution in [-0.4, -0.2) is 50.2 Å². The van der Waals surface area contributed by atoms with Gasteiger partial charge >= 0.3 is 5.97 Å². The summed E-state index contributed by atoms with van der Waals surface area (Å²) in [6, 6.07) is 0.515. The SMILES string of the molecule is CNC1(C(=O)OC)CCCC1CCN(C)C(C)C(C)(C)C. The number of carbonyl (C=O) groups excluding carboxylic acids is 1. The van der Waals surface area contributed by atoms with Crippen LogP contribution in [0.5, 0.6) is 0 Å². The summed E-state index contributed by atoms with van der Waals surface area (Å²) < 4.78 is 5.05. The predicted molar refractivity (Wildman–Crippen MR) is 87.3 cm³/mol. The van der Waals surface area contributed by atoms with Crippen LogP contribution in [0.25, 0.3) is 0 Å². The van der Waals surface area contributed by atoms with Crippen molar-refractivity contribution in [3.05, 3.63) is 0 Å². The van der Waals surface area contributed by atoms with E-state index in [0.717, 1.165) is 32.2 Å². The van der Waals surface area contributed by atoms with Gasteiger partial charge in [0.15, 0.2) is 0 Å². The number of methoxy groups -OCH3 is 1. The van der Waals surface area contributed by atoms with E-state index in [1.807, 2.05) is 7.05 Å². The zero-order chi connectivity index (χ0) is 16.3. The van der Waals surface area contributed by atoms with Crippen molar-refractivity contribution in [2.24, 2.45) is 11.3 Å². The minimum atomic E-state index is -0.472. The number of nitrogens with zero attached hydrogens (tertiary/aromatic N) is 1. The molecule has 0 amide bonds. The second kappa shape index (κ2) is 7.10. The number of hydrogen-bond acceptors (Lipinski definition) is 4. The average Bonchev–Trinajstić information content (AvgIpc) is 2.86. The fourth-order valence-corrected chi connectivity index (χ4v) is 3.56. The highest BCUT2D eigenvalue weighted by Crippen LogP contribution is 2.39. The lowest BCUT2D eigenvalue weighted by Gasteiger charge is -2.38. The molecule has 124 valence electrons. The largest absolute Gasteiger partial charge is 0.468 e. The summed E-state index contributed by atoms with van der Waals surface area (Å²) in [5.41, 5.74) is -0.201. The smallest absolute Gasteiger partial charge is 0.326 e. The van der Waals surface area contributed by atoms with Crippen molar-refractivity contribution in [2.75, 3.05) is 27.7 Å². The average molecular weight is 298 g/mol. The van der Waals surface area contributed by atoms with Crippen LogP contribution in [0.2, 0.25) is 0 Å². The maximum Gasteiger partial charge on any atom is 0.326 e. The van der Waals surface area contributed by atoms with Gasteiger partial charge in [-0.3, -0.25) is 4.79 Å². The van der Waals surface area contributed by atoms with Gasteiger partial charge in [0, 0.05) is 6.04 Å². The third-order valence-corrected chi connectivity index (χ3v) is 5.56. The molecule has 0 spiro atoms. The van der Waals surface area contributed by atoms with Crippen molar-refractivity contribution < 1.29 is 9.53 Å². The molecule has 1 aliphatic carbocycles. The number of likely N-dealkylation sites (N-methyl/N-ethyl adjacent to an activating group) is 1. The Balaban J connectivity index is 2.67. The highest BCUT2D eigenvalue weighted by molar-refractivity contribution is 5.81. The molecule has 1 aliphatic rings. The minimum Gasteiger partial charge on any atom is -0.468 e. The van der Waals surface area contributed by atoms with Crippen molar-refractivity contribution in [1.29, 1.82) is 0 Å². The quantitative estimate of drug-likeness (QED) is 0.766. The molecule has 0 saturated heterocycles. The van der Waals surface area contributed by atoms with E-state index < -0.39 is 5.54 Å². The van der Waals surface area contributed by atoms with Crippen LogP contribution in [0.15, 0.2) is 0 Å². The highest BCUT2D eigenvalue weighted by Gasteiger charge is 2.48. The van der Waals surface area contributed by atoms with E-state index in [2.05, 4.69) is 45.0 Å². The molecule has 1 rings (SSSR count). The Bertz CT molecular complexity index is 351. The van der Waals surface area contributed by atoms with Gasteiger partial charge in [-0.2, -0.15) is 0 Å². The van der Waals surface area contributed by atoms with Gasteiger partial charge < -0.3 is 15.0 Å². The summed E-state index contributed by atoms with van der Waals surface area (Å²) >= 11 is 0. The van der Waals surface area contributed by atoms with E-state index in [9.17, 15) is 4.79 Å². The molecule has 3 unspecified atom stereocenters. The van der Waals surface area contributed by atoms with Crippen LogP contribution in [0, 0.1) is 11.3 Å². The first-order valence-corrected chi connectivity index (χ1v) is 8.16. The number of ether oxygens (including phenoxy) is 1. The molecule has 1 saturated carbocycles. The third kappa shape index (κ3) is 3.98. The van der Waals surface area contributed by atoms with Gasteiger partial charge in [-0.05, 0) is 58.2 Å². The van der Waals surface area contributed by atoms with Crippen molar-refractivity contribution in [3.8, 4) is 0 Å². The van der Waals surface area contributed by atoms with Crippen LogP contribution < -0.4 is 5.32 Å². The number of hydrogen-bond donors (Lipinski definition) is 1. The molecule has 3 atom stereocenters. The Hall–Kier alpha value is -0.610. The minimum absolute atomic E-state index is 0.0981. The van der Waals surface area contributed by atoms with Crippen LogP contribution in [-0.2, 0) is 9.53 Å². The number of rotatable bonds is 6. The lowest BCUT2D eigenvalue weighted by molar-refractivity contribution is -0.150. The third-order valence-electron chi connectivity index (χ3n) is 5.56. The maximum atomic E-state index is 12.2. The number of nitrogens with one attached hydrogen (secondary N) is 1. The molecule has 4 heteroatoms. The molecule has 0 aliphatic heterocycles. The zero-order valence-electron chi connectivity index (χ0n) is 15.0. The molecule has 0 heterocycles. The maximum absolute atomic E-state index is 12.2. The summed E-state index contributed by atoms with van der Waals surface area (Å²) in [5, 5.41) is 3.27. The normalized spacial score (nSPS) is 27.9. The molecule has 4 nitrogen and oxygen atoms in total. The van der Waals surface area contributed by atoms with E-state index in [-0.39, 0.29) is 11.4 Å². The summed E-state index contributed by atoms with van der Waals surface area (Å²) in [7, 11) is 5.56. The molecule has 21 heavy (non-hydrogen) atoms. The fraction of sp³-hybridized carbons (Fsp3) is 0.941. The van der Waals surface area contributed by atoms with Crippen LogP contribution in [0.4, 0.5) is 0 Å². The van der Waals surface area contributed by atoms with Gasteiger partial charge in [0.05, 0.1) is 7.11 Å². The van der Waals surface area contributed by atoms with Crippen molar-refractivity contribution in [1.82, 2.24) is 10.2 Å². The molecular weight excluding hydrogens is 264 g/mol. The zero-order valence-corrected chi connectivity index (χ0v) is 15.0. The van der Waals surface area contributed by atoms with E-state index >= 15 is 0 Å². The van der Waals surface area contributed by atoms with Crippen LogP contribution in [0.1, 0.15) is 53.4 Å². The molecule has 0 radical (unpaired) electrons. The molecule has 1 fully saturated rings. The van der Waals surface area contributed by atoms with E-state index in [1.54, 1.807) is 0 Å². The summed E-state index contributed by atoms with van der Waals surface area (Å²) in [4.78, 5) is 14.6. The van der Waals surface area contributed by atoms with Gasteiger partial charge in [-0.1, -0.05) is 27.2 Å². The molecule has 0 aromatic rings. The van der Waals surface area contributed by atoms with Gasteiger partial charge in [-0.25, -0.2) is 0 Å². The van der Waals surface area contributed by atoms with Gasteiger partial charge in [0.1, 0.15) is 5.54 Å². The first-order chi connectivity index (χ1) is 9.69. The monoisotopic (exact) mass is 298 g/mol. The summed E-state index contributed by atoms with van der Waals surface area (Å²) in [5.74, 6) is 0.267. The van der Waals surface area contributed by atoms with Crippen LogP contribution >= 0.6 is 0 Å². The van der Waals surface area contributed by atoms with Gasteiger partial charge in [0.25, 0.3) is 0 Å². The summed E-state index contributed by atoms with van der Waals surface area (Å²) in [6.07, 6.45) is 4.12. The topological polar surface area (TPSA) is 41.6 Å². The van der Waals surface area contributed by atoms with E-state index in [1.165, 1.54) is 7.11 Å². The Morgan fingerprint density at radius 2 is 2.10 bits per heavy atom. The Morgan fingerprint density at radius 3 is 2.57 bits per heavy atom. The van der Waals surface area contributed by atoms with Gasteiger partial charge in [-0.15, -0.1) is 0 Å². The Labute approximate surface area is 130 Å².